The van der Waals surface area contributed by atoms with Gasteiger partial charge in [0.1, 0.15) is 11.6 Å². The van der Waals surface area contributed by atoms with Crippen molar-refractivity contribution in [1.82, 2.24) is 4.90 Å². The third-order valence-electron chi connectivity index (χ3n) is 4.23. The number of carbonyl (C=O) groups is 2. The Morgan fingerprint density at radius 2 is 1.65 bits per heavy atom. The molecule has 0 spiro atoms. The monoisotopic (exact) mass is 395 g/mol. The van der Waals surface area contributed by atoms with Crippen LogP contribution >= 0.6 is 23.2 Å². The number of hydrogen-bond donors (Lipinski definition) is 0. The van der Waals surface area contributed by atoms with E-state index in [4.69, 9.17) is 23.2 Å². The number of rotatable bonds is 6. The molecule has 0 bridgehead atoms. The molecule has 0 radical (unpaired) electrons. The van der Waals surface area contributed by atoms with Crippen molar-refractivity contribution in [3.05, 3.63) is 69.5 Å². The van der Waals surface area contributed by atoms with Gasteiger partial charge in [-0.3, -0.25) is 9.59 Å². The van der Waals surface area contributed by atoms with E-state index in [1.807, 2.05) is 0 Å². The Balaban J connectivity index is 2.40. The van der Waals surface area contributed by atoms with Crippen LogP contribution in [0.3, 0.4) is 0 Å². The number of halogens is 3. The van der Waals surface area contributed by atoms with Gasteiger partial charge in [-0.1, -0.05) is 41.4 Å². The quantitative estimate of drug-likeness (QED) is 0.687. The number of ketones is 1. The summed E-state index contributed by atoms with van der Waals surface area (Å²) in [5, 5.41) is 0.870. The summed E-state index contributed by atoms with van der Waals surface area (Å²) in [6.07, 6.45) is -0.141. The second-order valence-corrected chi connectivity index (χ2v) is 7.54. The van der Waals surface area contributed by atoms with Crippen LogP contribution in [-0.4, -0.2) is 23.1 Å². The van der Waals surface area contributed by atoms with Crippen LogP contribution in [0.5, 0.6) is 0 Å². The zero-order valence-electron chi connectivity index (χ0n) is 14.9. The van der Waals surface area contributed by atoms with Crippen molar-refractivity contribution >= 4 is 34.9 Å². The van der Waals surface area contributed by atoms with Crippen LogP contribution in [0.2, 0.25) is 10.0 Å². The molecule has 0 aliphatic heterocycles. The second kappa shape index (κ2) is 8.19. The summed E-state index contributed by atoms with van der Waals surface area (Å²) in [6.45, 7) is 4.92. The summed E-state index contributed by atoms with van der Waals surface area (Å²) >= 11 is 12.2. The number of nitrogens with zero attached hydrogens (tertiary/aromatic N) is 1. The minimum absolute atomic E-state index is 0.0928. The van der Waals surface area contributed by atoms with Gasteiger partial charge in [-0.05, 0) is 56.2 Å². The molecule has 2 aromatic rings. The van der Waals surface area contributed by atoms with Crippen molar-refractivity contribution in [1.29, 1.82) is 0 Å². The molecule has 0 unspecified atom stereocenters. The first-order valence-electron chi connectivity index (χ1n) is 8.11. The molecule has 0 aliphatic rings. The molecule has 2 aromatic carbocycles. The lowest BCUT2D eigenvalue weighted by molar-refractivity contribution is -0.140. The molecule has 0 heterocycles. The van der Waals surface area contributed by atoms with Crippen LogP contribution < -0.4 is 0 Å². The largest absolute Gasteiger partial charge is 0.326 e. The number of Topliss-reactive ketones (excluding diaryl/α,β-unsaturated/α-hetero) is 1. The Morgan fingerprint density at radius 1 is 1.08 bits per heavy atom. The fourth-order valence-electron chi connectivity index (χ4n) is 2.78. The molecule has 3 nitrogen and oxygen atoms in total. The van der Waals surface area contributed by atoms with E-state index in [-0.39, 0.29) is 30.2 Å². The Morgan fingerprint density at radius 3 is 2.19 bits per heavy atom. The molecule has 0 atom stereocenters. The minimum atomic E-state index is -0.859. The summed E-state index contributed by atoms with van der Waals surface area (Å²) in [5.41, 5.74) is 0.117. The fourth-order valence-corrected chi connectivity index (χ4v) is 3.31. The molecular weight excluding hydrogens is 376 g/mol. The molecule has 6 heteroatoms. The zero-order chi connectivity index (χ0) is 19.5. The molecule has 138 valence electrons. The van der Waals surface area contributed by atoms with Gasteiger partial charge in [0.05, 0.1) is 18.5 Å². The standard InChI is InChI=1S/C20H20Cl2FNO2/c1-13(25)12-24(19(26)8-14-6-4-5-7-18(14)23)20(2,3)15-9-16(21)11-17(22)10-15/h4-7,9-11H,8,12H2,1-3H3. The highest BCUT2D eigenvalue weighted by molar-refractivity contribution is 6.34. The van der Waals surface area contributed by atoms with Gasteiger partial charge in [-0.2, -0.15) is 0 Å². The van der Waals surface area contributed by atoms with Gasteiger partial charge in [0.2, 0.25) is 5.91 Å². The summed E-state index contributed by atoms with van der Waals surface area (Å²) < 4.78 is 13.9. The number of hydrogen-bond acceptors (Lipinski definition) is 2. The lowest BCUT2D eigenvalue weighted by atomic mass is 9.91. The van der Waals surface area contributed by atoms with Crippen molar-refractivity contribution in [2.75, 3.05) is 6.54 Å². The topological polar surface area (TPSA) is 37.4 Å². The third kappa shape index (κ3) is 4.83. The minimum Gasteiger partial charge on any atom is -0.326 e. The van der Waals surface area contributed by atoms with E-state index < -0.39 is 11.4 Å². The first-order chi connectivity index (χ1) is 12.1. The summed E-state index contributed by atoms with van der Waals surface area (Å²) in [4.78, 5) is 26.1. The van der Waals surface area contributed by atoms with Crippen LogP contribution in [0, 0.1) is 5.82 Å². The molecule has 0 N–H and O–H groups in total. The van der Waals surface area contributed by atoms with Gasteiger partial charge in [-0.15, -0.1) is 0 Å². The van der Waals surface area contributed by atoms with E-state index >= 15 is 0 Å². The van der Waals surface area contributed by atoms with Gasteiger partial charge in [0.15, 0.2) is 0 Å². The van der Waals surface area contributed by atoms with Crippen molar-refractivity contribution in [3.63, 3.8) is 0 Å². The molecule has 0 saturated heterocycles. The second-order valence-electron chi connectivity index (χ2n) is 6.67. The van der Waals surface area contributed by atoms with Crippen LogP contribution in [0.1, 0.15) is 31.9 Å². The third-order valence-corrected chi connectivity index (χ3v) is 4.66. The number of amides is 1. The lowest BCUT2D eigenvalue weighted by Gasteiger charge is -2.39. The van der Waals surface area contributed by atoms with Crippen LogP contribution in [0.4, 0.5) is 4.39 Å². The van der Waals surface area contributed by atoms with Crippen molar-refractivity contribution in [2.24, 2.45) is 0 Å². The molecule has 1 amide bonds. The van der Waals surface area contributed by atoms with E-state index in [2.05, 4.69) is 0 Å². The van der Waals surface area contributed by atoms with Crippen LogP contribution in [0.15, 0.2) is 42.5 Å². The average molecular weight is 396 g/mol. The molecule has 2 rings (SSSR count). The number of carbonyl (C=O) groups excluding carboxylic acids is 2. The predicted octanol–water partition coefficient (Wildman–Crippen LogP) is 5.03. The maximum atomic E-state index is 13.9. The van der Waals surface area contributed by atoms with E-state index in [1.54, 1.807) is 50.2 Å². The maximum absolute atomic E-state index is 13.9. The highest BCUT2D eigenvalue weighted by atomic mass is 35.5. The van der Waals surface area contributed by atoms with Gasteiger partial charge >= 0.3 is 0 Å². The van der Waals surface area contributed by atoms with Crippen LogP contribution in [0.25, 0.3) is 0 Å². The molecule has 0 saturated carbocycles. The van der Waals surface area contributed by atoms with Crippen molar-refractivity contribution in [2.45, 2.75) is 32.7 Å². The van der Waals surface area contributed by atoms with E-state index in [1.165, 1.54) is 17.9 Å². The summed E-state index contributed by atoms with van der Waals surface area (Å²) in [5.74, 6) is -0.980. The normalized spacial score (nSPS) is 11.3. The first-order valence-corrected chi connectivity index (χ1v) is 8.86. The Bertz CT molecular complexity index is 816. The number of benzene rings is 2. The van der Waals surface area contributed by atoms with Crippen LogP contribution in [-0.2, 0) is 21.5 Å². The SMILES string of the molecule is CC(=O)CN(C(=O)Cc1ccccc1F)C(C)(C)c1cc(Cl)cc(Cl)c1. The first kappa shape index (κ1) is 20.4. The summed E-state index contributed by atoms with van der Waals surface area (Å²) in [7, 11) is 0. The Labute approximate surface area is 162 Å². The van der Waals surface area contributed by atoms with Crippen molar-refractivity contribution in [3.8, 4) is 0 Å². The van der Waals surface area contributed by atoms with E-state index in [9.17, 15) is 14.0 Å². The average Bonchev–Trinajstić information content (AvgIpc) is 2.53. The van der Waals surface area contributed by atoms with Crippen molar-refractivity contribution < 1.29 is 14.0 Å². The maximum Gasteiger partial charge on any atom is 0.228 e. The Hall–Kier alpha value is -1.91. The van der Waals surface area contributed by atoms with Gasteiger partial charge < -0.3 is 4.90 Å². The fraction of sp³-hybridized carbons (Fsp3) is 0.300. The van der Waals surface area contributed by atoms with E-state index in [0.29, 0.717) is 15.6 Å². The molecule has 0 aromatic heterocycles. The molecule has 26 heavy (non-hydrogen) atoms. The van der Waals surface area contributed by atoms with E-state index in [0.717, 1.165) is 0 Å². The molecule has 0 fully saturated rings. The van der Waals surface area contributed by atoms with Gasteiger partial charge in [0, 0.05) is 10.0 Å². The zero-order valence-corrected chi connectivity index (χ0v) is 16.4. The highest BCUT2D eigenvalue weighted by Gasteiger charge is 2.34. The molecule has 0 aliphatic carbocycles. The Kier molecular flexibility index (Phi) is 6.43. The van der Waals surface area contributed by atoms with Gasteiger partial charge in [-0.25, -0.2) is 4.39 Å². The predicted molar refractivity (Wildman–Crippen MR) is 102 cm³/mol. The van der Waals surface area contributed by atoms with Gasteiger partial charge in [0.25, 0.3) is 0 Å². The lowest BCUT2D eigenvalue weighted by Crippen LogP contribution is -2.48. The molecular formula is C20H20Cl2FNO2. The highest BCUT2D eigenvalue weighted by Crippen LogP contribution is 2.32. The smallest absolute Gasteiger partial charge is 0.228 e. The summed E-state index contributed by atoms with van der Waals surface area (Å²) in [6, 6.07) is 11.1.